The van der Waals surface area contributed by atoms with Crippen LogP contribution >= 0.6 is 24.8 Å². The van der Waals surface area contributed by atoms with Crippen LogP contribution in [-0.4, -0.2) is 42.3 Å². The van der Waals surface area contributed by atoms with Crippen molar-refractivity contribution >= 4 is 35.7 Å². The summed E-state index contributed by atoms with van der Waals surface area (Å²) in [7, 11) is 0. The van der Waals surface area contributed by atoms with Crippen molar-refractivity contribution in [2.45, 2.75) is 25.4 Å². The van der Waals surface area contributed by atoms with Gasteiger partial charge in [-0.15, -0.1) is 35.0 Å². The molecule has 152 valence electrons. The van der Waals surface area contributed by atoms with Gasteiger partial charge in [0.25, 0.3) is 0 Å². The third kappa shape index (κ3) is 4.45. The Balaban J connectivity index is 0.00000120. The quantitative estimate of drug-likeness (QED) is 0.484. The molecule has 1 aromatic carbocycles. The lowest BCUT2D eigenvalue weighted by Gasteiger charge is -2.33. The molecule has 1 aliphatic rings. The summed E-state index contributed by atoms with van der Waals surface area (Å²) in [5, 5.41) is 9.05. The van der Waals surface area contributed by atoms with Gasteiger partial charge in [0.1, 0.15) is 12.7 Å². The smallest absolute Gasteiger partial charge is 0.123 e. The van der Waals surface area contributed by atoms with E-state index in [2.05, 4.69) is 67.2 Å². The first-order valence-corrected chi connectivity index (χ1v) is 9.45. The summed E-state index contributed by atoms with van der Waals surface area (Å²) in [4.78, 5) is 6.96. The summed E-state index contributed by atoms with van der Waals surface area (Å²) in [6, 6.07) is 15.5. The Morgan fingerprint density at radius 3 is 2.45 bits per heavy atom. The van der Waals surface area contributed by atoms with Crippen molar-refractivity contribution in [1.82, 2.24) is 29.2 Å². The van der Waals surface area contributed by atoms with Gasteiger partial charge in [0.2, 0.25) is 0 Å². The first kappa shape index (κ1) is 21.3. The summed E-state index contributed by atoms with van der Waals surface area (Å²) in [5.41, 5.74) is 3.55. The van der Waals surface area contributed by atoms with Crippen molar-refractivity contribution in [3.63, 3.8) is 0 Å². The molecular formula is C21H24Cl2N6. The molecule has 0 radical (unpaired) electrons. The van der Waals surface area contributed by atoms with Crippen LogP contribution in [0.4, 0.5) is 0 Å². The zero-order valence-corrected chi connectivity index (χ0v) is 17.6. The molecule has 0 amide bonds. The van der Waals surface area contributed by atoms with E-state index in [4.69, 9.17) is 0 Å². The van der Waals surface area contributed by atoms with Crippen molar-refractivity contribution in [2.24, 2.45) is 0 Å². The Labute approximate surface area is 182 Å². The number of benzene rings is 1. The summed E-state index contributed by atoms with van der Waals surface area (Å²) in [6.45, 7) is 3.17. The highest BCUT2D eigenvalue weighted by molar-refractivity contribution is 5.85. The van der Waals surface area contributed by atoms with Crippen LogP contribution in [0.1, 0.15) is 24.6 Å². The maximum absolute atomic E-state index is 4.45. The summed E-state index contributed by atoms with van der Waals surface area (Å²) in [5.74, 6) is 0. The van der Waals surface area contributed by atoms with Crippen molar-refractivity contribution in [2.75, 3.05) is 13.1 Å². The van der Waals surface area contributed by atoms with E-state index in [9.17, 15) is 0 Å². The maximum atomic E-state index is 4.45. The summed E-state index contributed by atoms with van der Waals surface area (Å²) >= 11 is 0. The number of likely N-dealkylation sites (tertiary alicyclic amines) is 1. The van der Waals surface area contributed by atoms with Gasteiger partial charge in [-0.2, -0.15) is 0 Å². The van der Waals surface area contributed by atoms with Gasteiger partial charge >= 0.3 is 0 Å². The SMILES string of the molecule is Cl.Cl.c1ccc(CN2CCC(n3ccc4cc(-n5cnnc5)ccc43)CC2)nc1. The predicted octanol–water partition coefficient (Wildman–Crippen LogP) is 4.30. The van der Waals surface area contributed by atoms with Crippen molar-refractivity contribution in [3.8, 4) is 5.69 Å². The lowest BCUT2D eigenvalue weighted by Crippen LogP contribution is -2.34. The summed E-state index contributed by atoms with van der Waals surface area (Å²) in [6.07, 6.45) is 9.92. The first-order chi connectivity index (χ1) is 13.4. The van der Waals surface area contributed by atoms with E-state index in [-0.39, 0.29) is 24.8 Å². The Hall–Kier alpha value is -2.41. The number of fused-ring (bicyclic) bond motifs is 1. The van der Waals surface area contributed by atoms with Crippen molar-refractivity contribution < 1.29 is 0 Å². The number of rotatable bonds is 4. The van der Waals surface area contributed by atoms with E-state index < -0.39 is 0 Å². The lowest BCUT2D eigenvalue weighted by atomic mass is 10.0. The van der Waals surface area contributed by atoms with Gasteiger partial charge in [-0.05, 0) is 49.2 Å². The van der Waals surface area contributed by atoms with Crippen LogP contribution in [0.2, 0.25) is 0 Å². The van der Waals surface area contributed by atoms with E-state index >= 15 is 0 Å². The normalized spacial score (nSPS) is 15.0. The van der Waals surface area contributed by atoms with E-state index in [1.807, 2.05) is 16.8 Å². The molecule has 0 N–H and O–H groups in total. The fourth-order valence-corrected chi connectivity index (χ4v) is 4.04. The number of aromatic nitrogens is 5. The number of nitrogens with zero attached hydrogens (tertiary/aromatic N) is 6. The molecule has 4 heterocycles. The van der Waals surface area contributed by atoms with Gasteiger partial charge in [0.05, 0.1) is 5.69 Å². The van der Waals surface area contributed by atoms with Gasteiger partial charge in [-0.25, -0.2) is 0 Å². The first-order valence-electron chi connectivity index (χ1n) is 9.45. The fourth-order valence-electron chi connectivity index (χ4n) is 4.04. The highest BCUT2D eigenvalue weighted by Crippen LogP contribution is 2.29. The predicted molar refractivity (Wildman–Crippen MR) is 119 cm³/mol. The minimum atomic E-state index is 0. The van der Waals surface area contributed by atoms with Crippen LogP contribution in [0, 0.1) is 0 Å². The number of hydrogen-bond donors (Lipinski definition) is 0. The van der Waals surface area contributed by atoms with Gasteiger partial charge in [0, 0.05) is 54.7 Å². The molecule has 0 saturated carbocycles. The van der Waals surface area contributed by atoms with E-state index in [1.54, 1.807) is 12.7 Å². The van der Waals surface area contributed by atoms with Crippen LogP contribution in [0.3, 0.4) is 0 Å². The molecule has 0 unspecified atom stereocenters. The Morgan fingerprint density at radius 1 is 0.931 bits per heavy atom. The highest BCUT2D eigenvalue weighted by Gasteiger charge is 2.21. The molecule has 6 nitrogen and oxygen atoms in total. The molecular weight excluding hydrogens is 407 g/mol. The molecule has 5 rings (SSSR count). The van der Waals surface area contributed by atoms with Crippen LogP contribution in [0.25, 0.3) is 16.6 Å². The van der Waals surface area contributed by atoms with Crippen LogP contribution < -0.4 is 0 Å². The van der Waals surface area contributed by atoms with E-state index in [1.165, 1.54) is 23.7 Å². The maximum Gasteiger partial charge on any atom is 0.123 e. The molecule has 29 heavy (non-hydrogen) atoms. The molecule has 1 fully saturated rings. The van der Waals surface area contributed by atoms with E-state index in [0.717, 1.165) is 31.0 Å². The van der Waals surface area contributed by atoms with Crippen molar-refractivity contribution in [1.29, 1.82) is 0 Å². The molecule has 0 atom stereocenters. The molecule has 4 aromatic rings. The number of halogens is 2. The lowest BCUT2D eigenvalue weighted by molar-refractivity contribution is 0.180. The molecule has 0 bridgehead atoms. The fraction of sp³-hybridized carbons (Fsp3) is 0.286. The standard InChI is InChI=1S/C21H22N6.2ClH/c1-2-9-22-18(3-1)14-25-10-7-19(8-11-25)27-12-6-17-13-20(4-5-21(17)27)26-15-23-24-16-26;;/h1-6,9,12-13,15-16,19H,7-8,10-11,14H2;2*1H. The number of pyridine rings is 1. The molecule has 3 aromatic heterocycles. The second kappa shape index (κ2) is 9.39. The largest absolute Gasteiger partial charge is 0.344 e. The molecule has 0 spiro atoms. The molecule has 0 aliphatic carbocycles. The number of piperidine rings is 1. The van der Waals surface area contributed by atoms with Crippen LogP contribution in [0.5, 0.6) is 0 Å². The molecule has 1 aliphatic heterocycles. The Morgan fingerprint density at radius 2 is 1.72 bits per heavy atom. The zero-order valence-electron chi connectivity index (χ0n) is 16.0. The molecule has 8 heteroatoms. The second-order valence-electron chi connectivity index (χ2n) is 7.16. The monoisotopic (exact) mass is 430 g/mol. The Bertz CT molecular complexity index is 1020. The van der Waals surface area contributed by atoms with Gasteiger partial charge in [-0.3, -0.25) is 14.5 Å². The van der Waals surface area contributed by atoms with Gasteiger partial charge in [-0.1, -0.05) is 6.07 Å². The second-order valence-corrected chi connectivity index (χ2v) is 7.16. The number of hydrogen-bond acceptors (Lipinski definition) is 4. The summed E-state index contributed by atoms with van der Waals surface area (Å²) < 4.78 is 4.39. The minimum absolute atomic E-state index is 0. The third-order valence-corrected chi connectivity index (χ3v) is 5.48. The minimum Gasteiger partial charge on any atom is -0.344 e. The Kier molecular flexibility index (Phi) is 6.90. The average molecular weight is 431 g/mol. The van der Waals surface area contributed by atoms with Gasteiger partial charge < -0.3 is 4.57 Å². The third-order valence-electron chi connectivity index (χ3n) is 5.48. The van der Waals surface area contributed by atoms with Crippen LogP contribution in [0.15, 0.2) is 67.5 Å². The van der Waals surface area contributed by atoms with E-state index in [0.29, 0.717) is 6.04 Å². The van der Waals surface area contributed by atoms with Crippen molar-refractivity contribution in [3.05, 3.63) is 73.2 Å². The highest BCUT2D eigenvalue weighted by atomic mass is 35.5. The molecule has 1 saturated heterocycles. The topological polar surface area (TPSA) is 51.8 Å². The average Bonchev–Trinajstić information content (AvgIpc) is 3.39. The van der Waals surface area contributed by atoms with Gasteiger partial charge in [0.15, 0.2) is 0 Å². The zero-order chi connectivity index (χ0) is 18.1. The van der Waals surface area contributed by atoms with Crippen LogP contribution in [-0.2, 0) is 6.54 Å².